The van der Waals surface area contributed by atoms with Crippen molar-refractivity contribution >= 4 is 5.91 Å². The standard InChI is InChI=1S/C14H26N2O/c1-12-4-3-8-16(9-6-12)14(17)10-13-5-2-7-15-11-13/h12-13,15H,2-11H2,1H3. The average Bonchev–Trinajstić information content (AvgIpc) is 2.55. The molecule has 17 heavy (non-hydrogen) atoms. The number of carbonyl (C=O) groups excluding carboxylic acids is 1. The zero-order valence-electron chi connectivity index (χ0n) is 11.1. The van der Waals surface area contributed by atoms with Crippen molar-refractivity contribution in [1.82, 2.24) is 10.2 Å². The lowest BCUT2D eigenvalue weighted by Crippen LogP contribution is -2.37. The molecule has 2 heterocycles. The van der Waals surface area contributed by atoms with Gasteiger partial charge in [0.05, 0.1) is 0 Å². The zero-order valence-corrected chi connectivity index (χ0v) is 11.1. The first kappa shape index (κ1) is 12.9. The molecule has 0 saturated carbocycles. The maximum Gasteiger partial charge on any atom is 0.222 e. The Morgan fingerprint density at radius 2 is 2.12 bits per heavy atom. The molecular weight excluding hydrogens is 212 g/mol. The van der Waals surface area contributed by atoms with Crippen molar-refractivity contribution in [2.75, 3.05) is 26.2 Å². The zero-order chi connectivity index (χ0) is 12.1. The molecule has 0 aromatic rings. The molecule has 0 radical (unpaired) electrons. The fraction of sp³-hybridized carbons (Fsp3) is 0.929. The van der Waals surface area contributed by atoms with Crippen molar-refractivity contribution in [2.45, 2.75) is 45.4 Å². The topological polar surface area (TPSA) is 32.3 Å². The van der Waals surface area contributed by atoms with Crippen LogP contribution < -0.4 is 5.32 Å². The molecule has 2 aliphatic rings. The van der Waals surface area contributed by atoms with Crippen molar-refractivity contribution in [3.63, 3.8) is 0 Å². The van der Waals surface area contributed by atoms with E-state index in [2.05, 4.69) is 17.1 Å². The van der Waals surface area contributed by atoms with Crippen LogP contribution in [-0.4, -0.2) is 37.0 Å². The second-order valence-electron chi connectivity index (χ2n) is 5.83. The van der Waals surface area contributed by atoms with Crippen LogP contribution in [0.15, 0.2) is 0 Å². The monoisotopic (exact) mass is 238 g/mol. The number of nitrogens with one attached hydrogen (secondary N) is 1. The quantitative estimate of drug-likeness (QED) is 0.798. The molecule has 0 aromatic carbocycles. The lowest BCUT2D eigenvalue weighted by atomic mass is 9.95. The van der Waals surface area contributed by atoms with Gasteiger partial charge in [-0.1, -0.05) is 6.92 Å². The van der Waals surface area contributed by atoms with E-state index in [0.29, 0.717) is 11.8 Å². The van der Waals surface area contributed by atoms with Gasteiger partial charge in [0.2, 0.25) is 5.91 Å². The van der Waals surface area contributed by atoms with Gasteiger partial charge in [-0.2, -0.15) is 0 Å². The maximum absolute atomic E-state index is 12.2. The van der Waals surface area contributed by atoms with Gasteiger partial charge in [0, 0.05) is 19.5 Å². The minimum atomic E-state index is 0.396. The molecular formula is C14H26N2O. The summed E-state index contributed by atoms with van der Waals surface area (Å²) in [5.74, 6) is 1.77. The molecule has 2 rings (SSSR count). The van der Waals surface area contributed by atoms with Crippen LogP contribution in [0.1, 0.15) is 45.4 Å². The molecule has 3 nitrogen and oxygen atoms in total. The van der Waals surface area contributed by atoms with E-state index in [-0.39, 0.29) is 0 Å². The number of rotatable bonds is 2. The molecule has 3 heteroatoms. The fourth-order valence-corrected chi connectivity index (χ4v) is 2.99. The van der Waals surface area contributed by atoms with E-state index in [1.54, 1.807) is 0 Å². The van der Waals surface area contributed by atoms with Crippen LogP contribution >= 0.6 is 0 Å². The summed E-state index contributed by atoms with van der Waals surface area (Å²) in [5.41, 5.74) is 0. The van der Waals surface area contributed by atoms with E-state index >= 15 is 0 Å². The Hall–Kier alpha value is -0.570. The van der Waals surface area contributed by atoms with Crippen molar-refractivity contribution < 1.29 is 4.79 Å². The minimum absolute atomic E-state index is 0.396. The lowest BCUT2D eigenvalue weighted by Gasteiger charge is -2.26. The Morgan fingerprint density at radius 3 is 2.88 bits per heavy atom. The third-order valence-corrected chi connectivity index (χ3v) is 4.23. The van der Waals surface area contributed by atoms with Crippen LogP contribution in [0.5, 0.6) is 0 Å². The van der Waals surface area contributed by atoms with Crippen molar-refractivity contribution in [2.24, 2.45) is 11.8 Å². The number of nitrogens with zero attached hydrogens (tertiary/aromatic N) is 1. The predicted molar refractivity (Wildman–Crippen MR) is 69.8 cm³/mol. The average molecular weight is 238 g/mol. The Balaban J connectivity index is 1.77. The van der Waals surface area contributed by atoms with Crippen molar-refractivity contribution in [3.8, 4) is 0 Å². The SMILES string of the molecule is CC1CCCN(C(=O)CC2CCCNC2)CC1. The van der Waals surface area contributed by atoms with Gasteiger partial charge >= 0.3 is 0 Å². The predicted octanol–water partition coefficient (Wildman–Crippen LogP) is 2.02. The summed E-state index contributed by atoms with van der Waals surface area (Å²) in [6, 6.07) is 0. The van der Waals surface area contributed by atoms with Gasteiger partial charge in [0.15, 0.2) is 0 Å². The Bertz CT molecular complexity index is 249. The highest BCUT2D eigenvalue weighted by atomic mass is 16.2. The van der Waals surface area contributed by atoms with Gasteiger partial charge in [-0.15, -0.1) is 0 Å². The van der Waals surface area contributed by atoms with Gasteiger partial charge in [0.1, 0.15) is 0 Å². The molecule has 0 spiro atoms. The van der Waals surface area contributed by atoms with Gasteiger partial charge in [-0.05, 0) is 57.0 Å². The van der Waals surface area contributed by atoms with Gasteiger partial charge in [-0.3, -0.25) is 4.79 Å². The summed E-state index contributed by atoms with van der Waals surface area (Å²) in [6.07, 6.45) is 6.89. The molecule has 2 fully saturated rings. The summed E-state index contributed by atoms with van der Waals surface area (Å²) >= 11 is 0. The van der Waals surface area contributed by atoms with E-state index < -0.39 is 0 Å². The first-order valence-electron chi connectivity index (χ1n) is 7.24. The van der Waals surface area contributed by atoms with Crippen LogP contribution in [-0.2, 0) is 4.79 Å². The largest absolute Gasteiger partial charge is 0.343 e. The number of likely N-dealkylation sites (tertiary alicyclic amines) is 1. The van der Waals surface area contributed by atoms with E-state index in [9.17, 15) is 4.79 Å². The van der Waals surface area contributed by atoms with E-state index in [1.165, 1.54) is 32.1 Å². The van der Waals surface area contributed by atoms with Gasteiger partial charge in [-0.25, -0.2) is 0 Å². The molecule has 2 saturated heterocycles. The molecule has 0 aliphatic carbocycles. The van der Waals surface area contributed by atoms with Crippen molar-refractivity contribution in [1.29, 1.82) is 0 Å². The third-order valence-electron chi connectivity index (χ3n) is 4.23. The van der Waals surface area contributed by atoms with Gasteiger partial charge in [0.25, 0.3) is 0 Å². The number of carbonyl (C=O) groups is 1. The highest BCUT2D eigenvalue weighted by Crippen LogP contribution is 2.20. The Morgan fingerprint density at radius 1 is 1.24 bits per heavy atom. The lowest BCUT2D eigenvalue weighted by molar-refractivity contribution is -0.132. The van der Waals surface area contributed by atoms with E-state index in [4.69, 9.17) is 0 Å². The van der Waals surface area contributed by atoms with Gasteiger partial charge < -0.3 is 10.2 Å². The number of piperidine rings is 1. The summed E-state index contributed by atoms with van der Waals surface area (Å²) in [4.78, 5) is 14.3. The second kappa shape index (κ2) is 6.39. The first-order valence-corrected chi connectivity index (χ1v) is 7.24. The summed E-state index contributed by atoms with van der Waals surface area (Å²) in [5, 5.41) is 3.39. The van der Waals surface area contributed by atoms with E-state index in [1.807, 2.05) is 0 Å². The maximum atomic E-state index is 12.2. The molecule has 2 aliphatic heterocycles. The van der Waals surface area contributed by atoms with Crippen LogP contribution in [0.4, 0.5) is 0 Å². The summed E-state index contributed by atoms with van der Waals surface area (Å²) < 4.78 is 0. The normalized spacial score (nSPS) is 31.0. The molecule has 1 amide bonds. The van der Waals surface area contributed by atoms with E-state index in [0.717, 1.165) is 38.5 Å². The highest BCUT2D eigenvalue weighted by molar-refractivity contribution is 5.76. The molecule has 1 N–H and O–H groups in total. The number of hydrogen-bond acceptors (Lipinski definition) is 2. The summed E-state index contributed by atoms with van der Waals surface area (Å²) in [6.45, 7) is 6.45. The number of hydrogen-bond donors (Lipinski definition) is 1. The van der Waals surface area contributed by atoms with Crippen LogP contribution in [0.2, 0.25) is 0 Å². The summed E-state index contributed by atoms with van der Waals surface area (Å²) in [7, 11) is 0. The molecule has 0 aromatic heterocycles. The van der Waals surface area contributed by atoms with Crippen LogP contribution in [0.3, 0.4) is 0 Å². The molecule has 0 bridgehead atoms. The van der Waals surface area contributed by atoms with Crippen LogP contribution in [0, 0.1) is 11.8 Å². The number of amides is 1. The molecule has 2 unspecified atom stereocenters. The molecule has 98 valence electrons. The van der Waals surface area contributed by atoms with Crippen molar-refractivity contribution in [3.05, 3.63) is 0 Å². The minimum Gasteiger partial charge on any atom is -0.343 e. The highest BCUT2D eigenvalue weighted by Gasteiger charge is 2.22. The Kier molecular flexibility index (Phi) is 4.84. The first-order chi connectivity index (χ1) is 8.25. The fourth-order valence-electron chi connectivity index (χ4n) is 2.99. The smallest absolute Gasteiger partial charge is 0.222 e. The molecule has 2 atom stereocenters. The second-order valence-corrected chi connectivity index (χ2v) is 5.83. The Labute approximate surface area is 105 Å². The third kappa shape index (κ3) is 3.98. The van der Waals surface area contributed by atoms with Crippen LogP contribution in [0.25, 0.3) is 0 Å².